The van der Waals surface area contributed by atoms with E-state index in [1.54, 1.807) is 6.07 Å². The Morgan fingerprint density at radius 1 is 1.50 bits per heavy atom. The molecule has 20 heavy (non-hydrogen) atoms. The highest BCUT2D eigenvalue weighted by molar-refractivity contribution is 7.92. The minimum absolute atomic E-state index is 0.205. The lowest BCUT2D eigenvalue weighted by molar-refractivity contribution is -0.117. The van der Waals surface area contributed by atoms with Crippen molar-refractivity contribution in [1.29, 1.82) is 0 Å². The molecule has 1 heterocycles. The Hall–Kier alpha value is -1.91. The summed E-state index contributed by atoms with van der Waals surface area (Å²) in [5.41, 5.74) is 0.557. The molecule has 0 aliphatic heterocycles. The molecule has 0 spiro atoms. The number of aromatic nitrogens is 1. The van der Waals surface area contributed by atoms with Crippen molar-refractivity contribution in [3.63, 3.8) is 0 Å². The van der Waals surface area contributed by atoms with Crippen molar-refractivity contribution in [2.45, 2.75) is 18.6 Å². The molecular formula is C13H16N2O4S. The summed E-state index contributed by atoms with van der Waals surface area (Å²) in [5.74, 6) is 4.67. The molecule has 7 heteroatoms. The fourth-order valence-electron chi connectivity index (χ4n) is 1.15. The van der Waals surface area contributed by atoms with Gasteiger partial charge in [-0.1, -0.05) is 11.8 Å². The fourth-order valence-corrected chi connectivity index (χ4v) is 1.54. The van der Waals surface area contributed by atoms with E-state index in [9.17, 15) is 13.2 Å². The van der Waals surface area contributed by atoms with E-state index in [2.05, 4.69) is 22.1 Å². The van der Waals surface area contributed by atoms with Gasteiger partial charge in [0.2, 0.25) is 5.91 Å². The van der Waals surface area contributed by atoms with Crippen LogP contribution in [0.25, 0.3) is 0 Å². The first-order chi connectivity index (χ1) is 9.18. The van der Waals surface area contributed by atoms with E-state index < -0.39 is 20.5 Å². The summed E-state index contributed by atoms with van der Waals surface area (Å²) in [6.45, 7) is 2.38. The second-order valence-corrected chi connectivity index (χ2v) is 7.19. The standard InChI is InChI=1S/C13H16N2O4S/c1-13(2,20(3,18)19)12(17)15-11-9-10(5-4-8-16)6-7-14-11/h6-7,9,16H,8H2,1-3H3,(H,14,15,17). The molecule has 0 unspecified atom stereocenters. The molecule has 0 atom stereocenters. The van der Waals surface area contributed by atoms with Crippen LogP contribution in [0, 0.1) is 11.8 Å². The molecule has 0 radical (unpaired) electrons. The molecule has 1 aromatic heterocycles. The predicted molar refractivity (Wildman–Crippen MR) is 75.8 cm³/mol. The summed E-state index contributed by atoms with van der Waals surface area (Å²) in [6.07, 6.45) is 2.44. The van der Waals surface area contributed by atoms with Crippen molar-refractivity contribution < 1.29 is 18.3 Å². The maximum atomic E-state index is 12.0. The Kier molecular flexibility index (Phi) is 4.87. The van der Waals surface area contributed by atoms with E-state index in [0.717, 1.165) is 6.26 Å². The molecule has 1 rings (SSSR count). The molecule has 0 aromatic carbocycles. The van der Waals surface area contributed by atoms with Gasteiger partial charge < -0.3 is 10.4 Å². The van der Waals surface area contributed by atoms with Gasteiger partial charge in [-0.15, -0.1) is 0 Å². The summed E-state index contributed by atoms with van der Waals surface area (Å²) >= 11 is 0. The predicted octanol–water partition coefficient (Wildman–Crippen LogP) is 0.187. The quantitative estimate of drug-likeness (QED) is 0.776. The highest BCUT2D eigenvalue weighted by Crippen LogP contribution is 2.18. The first-order valence-electron chi connectivity index (χ1n) is 5.75. The molecule has 6 nitrogen and oxygen atoms in total. The highest BCUT2D eigenvalue weighted by atomic mass is 32.2. The Balaban J connectivity index is 2.97. The molecule has 0 saturated carbocycles. The van der Waals surface area contributed by atoms with E-state index in [4.69, 9.17) is 5.11 Å². The lowest BCUT2D eigenvalue weighted by Crippen LogP contribution is -2.44. The number of sulfone groups is 1. The molecule has 0 fully saturated rings. The third-order valence-electron chi connectivity index (χ3n) is 2.79. The van der Waals surface area contributed by atoms with Gasteiger partial charge >= 0.3 is 0 Å². The number of amides is 1. The summed E-state index contributed by atoms with van der Waals surface area (Å²) in [7, 11) is -3.55. The Morgan fingerprint density at radius 2 is 2.15 bits per heavy atom. The third kappa shape index (κ3) is 3.79. The SMILES string of the molecule is CC(C)(C(=O)Nc1cc(C#CCO)ccn1)S(C)(=O)=O. The van der Waals surface area contributed by atoms with Gasteiger partial charge in [-0.2, -0.15) is 0 Å². The van der Waals surface area contributed by atoms with Crippen molar-refractivity contribution in [3.8, 4) is 11.8 Å². The Morgan fingerprint density at radius 3 is 2.70 bits per heavy atom. The minimum atomic E-state index is -3.55. The van der Waals surface area contributed by atoms with Crippen molar-refractivity contribution >= 4 is 21.6 Å². The van der Waals surface area contributed by atoms with Crippen LogP contribution < -0.4 is 5.32 Å². The van der Waals surface area contributed by atoms with E-state index in [1.165, 1.54) is 26.1 Å². The second kappa shape index (κ2) is 6.03. The number of pyridine rings is 1. The summed E-state index contributed by atoms with van der Waals surface area (Å²) in [6, 6.07) is 3.11. The number of rotatable bonds is 3. The van der Waals surface area contributed by atoms with Crippen LogP contribution in [0.15, 0.2) is 18.3 Å². The van der Waals surface area contributed by atoms with Crippen LogP contribution in [0.5, 0.6) is 0 Å². The minimum Gasteiger partial charge on any atom is -0.384 e. The summed E-state index contributed by atoms with van der Waals surface area (Å²) < 4.78 is 21.6. The van der Waals surface area contributed by atoms with Gasteiger partial charge in [0.1, 0.15) is 17.2 Å². The van der Waals surface area contributed by atoms with Crippen LogP contribution in [0.2, 0.25) is 0 Å². The number of anilines is 1. The molecule has 0 saturated heterocycles. The van der Waals surface area contributed by atoms with Gasteiger partial charge in [-0.05, 0) is 26.0 Å². The zero-order chi connectivity index (χ0) is 15.4. The molecule has 2 N–H and O–H groups in total. The van der Waals surface area contributed by atoms with Gasteiger partial charge in [0.25, 0.3) is 0 Å². The largest absolute Gasteiger partial charge is 0.384 e. The van der Waals surface area contributed by atoms with Crippen molar-refractivity contribution in [2.24, 2.45) is 0 Å². The average Bonchev–Trinajstić information content (AvgIpc) is 2.35. The van der Waals surface area contributed by atoms with Gasteiger partial charge in [0.05, 0.1) is 0 Å². The highest BCUT2D eigenvalue weighted by Gasteiger charge is 2.38. The number of carbonyl (C=O) groups excluding carboxylic acids is 1. The monoisotopic (exact) mass is 296 g/mol. The number of hydrogen-bond donors (Lipinski definition) is 2. The van der Waals surface area contributed by atoms with Gasteiger partial charge in [-0.25, -0.2) is 13.4 Å². The molecule has 0 aliphatic carbocycles. The topological polar surface area (TPSA) is 96.4 Å². The van der Waals surface area contributed by atoms with E-state index in [-0.39, 0.29) is 12.4 Å². The van der Waals surface area contributed by atoms with E-state index in [0.29, 0.717) is 5.56 Å². The van der Waals surface area contributed by atoms with Crippen LogP contribution in [0.3, 0.4) is 0 Å². The second-order valence-electron chi connectivity index (χ2n) is 4.63. The summed E-state index contributed by atoms with van der Waals surface area (Å²) in [5, 5.41) is 11.1. The molecule has 0 bridgehead atoms. The number of nitrogens with one attached hydrogen (secondary N) is 1. The zero-order valence-electron chi connectivity index (χ0n) is 11.5. The molecule has 108 valence electrons. The smallest absolute Gasteiger partial charge is 0.246 e. The fraction of sp³-hybridized carbons (Fsp3) is 0.385. The van der Waals surface area contributed by atoms with Gasteiger partial charge in [0.15, 0.2) is 9.84 Å². The van der Waals surface area contributed by atoms with Crippen molar-refractivity contribution in [1.82, 2.24) is 4.98 Å². The summed E-state index contributed by atoms with van der Waals surface area (Å²) in [4.78, 5) is 15.9. The van der Waals surface area contributed by atoms with Crippen LogP contribution in [-0.4, -0.2) is 42.0 Å². The number of nitrogens with zero attached hydrogens (tertiary/aromatic N) is 1. The van der Waals surface area contributed by atoms with E-state index in [1.807, 2.05) is 0 Å². The first kappa shape index (κ1) is 16.1. The van der Waals surface area contributed by atoms with Gasteiger partial charge in [-0.3, -0.25) is 4.79 Å². The maximum Gasteiger partial charge on any atom is 0.246 e. The zero-order valence-corrected chi connectivity index (χ0v) is 12.3. The number of carbonyl (C=O) groups is 1. The van der Waals surface area contributed by atoms with Crippen LogP contribution in [0.1, 0.15) is 19.4 Å². The molecule has 1 amide bonds. The molecule has 0 aliphatic rings. The third-order valence-corrected chi connectivity index (χ3v) is 4.83. The number of aliphatic hydroxyl groups excluding tert-OH is 1. The maximum absolute atomic E-state index is 12.0. The average molecular weight is 296 g/mol. The molecular weight excluding hydrogens is 280 g/mol. The number of hydrogen-bond acceptors (Lipinski definition) is 5. The normalized spacial score (nSPS) is 11.4. The van der Waals surface area contributed by atoms with Crippen LogP contribution >= 0.6 is 0 Å². The van der Waals surface area contributed by atoms with Crippen LogP contribution in [-0.2, 0) is 14.6 Å². The van der Waals surface area contributed by atoms with Gasteiger partial charge in [0, 0.05) is 18.0 Å². The Bertz CT molecular complexity index is 669. The first-order valence-corrected chi connectivity index (χ1v) is 7.64. The Labute approximate surface area is 118 Å². The van der Waals surface area contributed by atoms with Crippen molar-refractivity contribution in [3.05, 3.63) is 23.9 Å². The van der Waals surface area contributed by atoms with Crippen LogP contribution in [0.4, 0.5) is 5.82 Å². The lowest BCUT2D eigenvalue weighted by atomic mass is 10.2. The molecule has 1 aromatic rings. The lowest BCUT2D eigenvalue weighted by Gasteiger charge is -2.21. The van der Waals surface area contributed by atoms with Crippen molar-refractivity contribution in [2.75, 3.05) is 18.2 Å². The number of aliphatic hydroxyl groups is 1. The van der Waals surface area contributed by atoms with E-state index >= 15 is 0 Å².